The molecular formula is C23H21ClF4N2O4. The lowest BCUT2D eigenvalue weighted by molar-refractivity contribution is -0.262. The predicted octanol–water partition coefficient (Wildman–Crippen LogP) is 4.11. The summed E-state index contributed by atoms with van der Waals surface area (Å²) in [5.74, 6) is -2.38. The average Bonchev–Trinajstić information content (AvgIpc) is 2.79. The number of carbonyl (C=O) groups excluding carboxylic acids is 2. The number of amides is 2. The minimum atomic E-state index is -5.30. The second kappa shape index (κ2) is 8.74. The Balaban J connectivity index is 1.60. The number of alkyl halides is 3. The quantitative estimate of drug-likeness (QED) is 0.622. The summed E-state index contributed by atoms with van der Waals surface area (Å²) in [6.45, 7) is -0.195. The number of hydrogen-bond donors (Lipinski definition) is 2. The van der Waals surface area contributed by atoms with Gasteiger partial charge in [0.2, 0.25) is 0 Å². The lowest BCUT2D eigenvalue weighted by atomic mass is 9.74. The van der Waals surface area contributed by atoms with Crippen LogP contribution in [-0.4, -0.2) is 53.4 Å². The van der Waals surface area contributed by atoms with E-state index in [0.29, 0.717) is 5.56 Å². The zero-order valence-corrected chi connectivity index (χ0v) is 18.5. The van der Waals surface area contributed by atoms with Crippen LogP contribution in [0.15, 0.2) is 48.5 Å². The number of carbonyl (C=O) groups is 2. The Morgan fingerprint density at radius 3 is 2.38 bits per heavy atom. The van der Waals surface area contributed by atoms with Gasteiger partial charge in [0.15, 0.2) is 0 Å². The van der Waals surface area contributed by atoms with Gasteiger partial charge in [0.25, 0.3) is 11.5 Å². The first-order valence-corrected chi connectivity index (χ1v) is 10.9. The molecule has 0 aromatic heterocycles. The van der Waals surface area contributed by atoms with Crippen LogP contribution in [0, 0.1) is 5.82 Å². The van der Waals surface area contributed by atoms with Gasteiger partial charge in [-0.15, -0.1) is 0 Å². The molecule has 0 bridgehead atoms. The van der Waals surface area contributed by atoms with Crippen molar-refractivity contribution >= 4 is 23.6 Å². The van der Waals surface area contributed by atoms with E-state index in [0.717, 1.165) is 17.0 Å². The van der Waals surface area contributed by atoms with Crippen molar-refractivity contribution in [1.82, 2.24) is 10.2 Å². The Hall–Kier alpha value is -2.85. The first-order chi connectivity index (χ1) is 16.0. The van der Waals surface area contributed by atoms with Crippen LogP contribution in [0.2, 0.25) is 5.02 Å². The van der Waals surface area contributed by atoms with E-state index in [9.17, 15) is 32.3 Å². The van der Waals surface area contributed by atoms with E-state index < -0.39 is 46.7 Å². The second-order valence-corrected chi connectivity index (χ2v) is 8.89. The lowest BCUT2D eigenvalue weighted by Gasteiger charge is -2.49. The number of aliphatic hydroxyl groups is 1. The molecule has 2 aliphatic rings. The van der Waals surface area contributed by atoms with E-state index >= 15 is 0 Å². The summed E-state index contributed by atoms with van der Waals surface area (Å²) < 4.78 is 61.0. The van der Waals surface area contributed by atoms with Gasteiger partial charge in [0.1, 0.15) is 11.4 Å². The van der Waals surface area contributed by atoms with Crippen LogP contribution in [0.3, 0.4) is 0 Å². The Morgan fingerprint density at radius 1 is 1.15 bits per heavy atom. The molecular weight excluding hydrogens is 480 g/mol. The van der Waals surface area contributed by atoms with Crippen molar-refractivity contribution < 1.29 is 37.0 Å². The summed E-state index contributed by atoms with van der Waals surface area (Å²) in [6.07, 6.45) is -5.90. The molecule has 11 heteroatoms. The van der Waals surface area contributed by atoms with Crippen molar-refractivity contribution in [3.8, 4) is 0 Å². The van der Waals surface area contributed by atoms with Gasteiger partial charge in [-0.05, 0) is 29.8 Å². The SMILES string of the molecule is O=C1NCC(c2ccc(F)cc2)C2(CCN(C(=O)C(O)(c3cccc(Cl)c3)C(F)(F)F)CC2)O1. The monoisotopic (exact) mass is 500 g/mol. The maximum atomic E-state index is 14.0. The maximum Gasteiger partial charge on any atom is 0.430 e. The molecule has 2 amide bonds. The normalized spacial score (nSPS) is 22.0. The number of rotatable bonds is 3. The molecule has 2 atom stereocenters. The summed E-state index contributed by atoms with van der Waals surface area (Å²) in [5.41, 5.74) is -4.88. The maximum absolute atomic E-state index is 14.0. The molecule has 2 N–H and O–H groups in total. The third-order valence-corrected chi connectivity index (χ3v) is 6.75. The second-order valence-electron chi connectivity index (χ2n) is 8.45. The van der Waals surface area contributed by atoms with Crippen molar-refractivity contribution in [3.05, 3.63) is 70.5 Å². The zero-order chi connectivity index (χ0) is 24.7. The minimum absolute atomic E-state index is 0.0394. The van der Waals surface area contributed by atoms with Gasteiger partial charge >= 0.3 is 12.3 Å². The summed E-state index contributed by atoms with van der Waals surface area (Å²) in [6, 6.07) is 10.1. The van der Waals surface area contributed by atoms with Crippen molar-refractivity contribution in [2.75, 3.05) is 19.6 Å². The number of nitrogens with one attached hydrogen (secondary N) is 1. The first kappa shape index (κ1) is 24.3. The fourth-order valence-corrected chi connectivity index (χ4v) is 4.86. The molecule has 2 heterocycles. The van der Waals surface area contributed by atoms with Crippen molar-refractivity contribution in [2.24, 2.45) is 0 Å². The average molecular weight is 501 g/mol. The third-order valence-electron chi connectivity index (χ3n) is 6.51. The van der Waals surface area contributed by atoms with Crippen molar-refractivity contribution in [2.45, 2.75) is 36.1 Å². The molecule has 2 saturated heterocycles. The van der Waals surface area contributed by atoms with Gasteiger partial charge in [-0.3, -0.25) is 4.79 Å². The van der Waals surface area contributed by atoms with E-state index in [2.05, 4.69) is 5.32 Å². The Bertz CT molecular complexity index is 1090. The molecule has 2 aromatic rings. The van der Waals surface area contributed by atoms with E-state index in [1.54, 1.807) is 12.1 Å². The highest BCUT2D eigenvalue weighted by molar-refractivity contribution is 6.30. The van der Waals surface area contributed by atoms with Crippen LogP contribution >= 0.6 is 11.6 Å². The van der Waals surface area contributed by atoms with Crippen molar-refractivity contribution in [1.29, 1.82) is 0 Å². The molecule has 2 fully saturated rings. The van der Waals surface area contributed by atoms with Crippen LogP contribution in [0.4, 0.5) is 22.4 Å². The molecule has 1 spiro atoms. The van der Waals surface area contributed by atoms with Crippen molar-refractivity contribution in [3.63, 3.8) is 0 Å². The van der Waals surface area contributed by atoms with E-state index in [4.69, 9.17) is 16.3 Å². The fraction of sp³-hybridized carbons (Fsp3) is 0.391. The number of piperidine rings is 1. The standard InChI is InChI=1S/C23H21ClF4N2O4/c24-16-3-1-2-15(12-16)22(33,23(26,27)28)19(31)30-10-8-21(9-11-30)18(13-29-20(32)34-21)14-4-6-17(25)7-5-14/h1-7,12,18,33H,8-11,13H2,(H,29,32). The predicted molar refractivity (Wildman–Crippen MR) is 114 cm³/mol. The molecule has 0 radical (unpaired) electrons. The van der Waals surface area contributed by atoms with Gasteiger partial charge in [0.05, 0.1) is 0 Å². The van der Waals surface area contributed by atoms with Gasteiger partial charge in [-0.2, -0.15) is 13.2 Å². The molecule has 2 aliphatic heterocycles. The van der Waals surface area contributed by atoms with Crippen LogP contribution in [-0.2, 0) is 15.1 Å². The van der Waals surface area contributed by atoms with Crippen LogP contribution in [0.25, 0.3) is 0 Å². The summed E-state index contributed by atoms with van der Waals surface area (Å²) in [5, 5.41) is 13.2. The Labute approximate surface area is 197 Å². The molecule has 4 rings (SSSR count). The highest BCUT2D eigenvalue weighted by Crippen LogP contribution is 2.45. The fourth-order valence-electron chi connectivity index (χ4n) is 4.67. The molecule has 0 aliphatic carbocycles. The Kier molecular flexibility index (Phi) is 6.24. The number of hydrogen-bond acceptors (Lipinski definition) is 4. The number of benzene rings is 2. The van der Waals surface area contributed by atoms with E-state index in [-0.39, 0.29) is 37.5 Å². The van der Waals surface area contributed by atoms with Gasteiger partial charge in [-0.25, -0.2) is 9.18 Å². The topological polar surface area (TPSA) is 78.9 Å². The molecule has 34 heavy (non-hydrogen) atoms. The summed E-state index contributed by atoms with van der Waals surface area (Å²) >= 11 is 5.81. The zero-order valence-electron chi connectivity index (χ0n) is 17.7. The third kappa shape index (κ3) is 4.20. The van der Waals surface area contributed by atoms with E-state index in [1.807, 2.05) is 0 Å². The number of likely N-dealkylation sites (tertiary alicyclic amines) is 1. The van der Waals surface area contributed by atoms with Gasteiger partial charge < -0.3 is 20.1 Å². The van der Waals surface area contributed by atoms with Gasteiger partial charge in [0, 0.05) is 49.0 Å². The largest absolute Gasteiger partial charge is 0.442 e. The van der Waals surface area contributed by atoms with E-state index in [1.165, 1.54) is 24.3 Å². The minimum Gasteiger partial charge on any atom is -0.442 e. The Morgan fingerprint density at radius 2 is 1.79 bits per heavy atom. The molecule has 2 unspecified atom stereocenters. The highest BCUT2D eigenvalue weighted by Gasteiger charge is 2.63. The smallest absolute Gasteiger partial charge is 0.430 e. The number of alkyl carbamates (subject to hydrolysis) is 1. The number of halogens is 5. The van der Waals surface area contributed by atoms with Crippen LogP contribution in [0.1, 0.15) is 29.9 Å². The summed E-state index contributed by atoms with van der Waals surface area (Å²) in [4.78, 5) is 26.0. The molecule has 6 nitrogen and oxygen atoms in total. The highest BCUT2D eigenvalue weighted by atomic mass is 35.5. The van der Waals surface area contributed by atoms with Gasteiger partial charge in [-0.1, -0.05) is 35.9 Å². The molecule has 182 valence electrons. The lowest BCUT2D eigenvalue weighted by Crippen LogP contribution is -2.62. The van der Waals surface area contributed by atoms with Crippen LogP contribution in [0.5, 0.6) is 0 Å². The molecule has 2 aromatic carbocycles. The van der Waals surface area contributed by atoms with Crippen LogP contribution < -0.4 is 5.32 Å². The summed E-state index contributed by atoms with van der Waals surface area (Å²) in [7, 11) is 0. The number of nitrogens with zero attached hydrogens (tertiary/aromatic N) is 1. The first-order valence-electron chi connectivity index (χ1n) is 10.5. The molecule has 0 saturated carbocycles. The number of ether oxygens (including phenoxy) is 1.